The standard InChI is InChI=1S/C30H32FN9O3/c1-18-14-25(37-36-18)35-27-23-6-4-5-7-24(23)28(41)40(38-27)22-10-12-30(43-3,13-11-22)29(42)34-19(2)20-8-9-26(32-15-20)39-17-21(31)16-33-39/h4-9,14-17,19,22H,10-13H2,1-3H3,(H,34,42)(H2,35,36,37,38)/t19-,22?,30?/m0/s1. The molecule has 12 nitrogen and oxygen atoms in total. The van der Waals surface area contributed by atoms with Crippen LogP contribution in [0.5, 0.6) is 0 Å². The van der Waals surface area contributed by atoms with E-state index in [2.05, 4.69) is 30.9 Å². The van der Waals surface area contributed by atoms with Gasteiger partial charge in [-0.1, -0.05) is 24.3 Å². The molecule has 0 unspecified atom stereocenters. The number of halogens is 1. The molecule has 5 aromatic rings. The van der Waals surface area contributed by atoms with Gasteiger partial charge in [0.1, 0.15) is 5.60 Å². The van der Waals surface area contributed by atoms with Crippen molar-refractivity contribution in [3.63, 3.8) is 0 Å². The number of hydrogen-bond acceptors (Lipinski definition) is 8. The zero-order valence-electron chi connectivity index (χ0n) is 24.0. The van der Waals surface area contributed by atoms with Crippen LogP contribution in [0, 0.1) is 12.7 Å². The number of pyridine rings is 1. The van der Waals surface area contributed by atoms with E-state index in [1.165, 1.54) is 15.6 Å². The molecule has 1 saturated carbocycles. The molecule has 1 atom stereocenters. The first-order valence-corrected chi connectivity index (χ1v) is 14.1. The first kappa shape index (κ1) is 28.2. The van der Waals surface area contributed by atoms with Gasteiger partial charge in [0.15, 0.2) is 23.3 Å². The number of aryl methyl sites for hydroxylation is 1. The number of rotatable bonds is 8. The van der Waals surface area contributed by atoms with Crippen molar-refractivity contribution in [3.8, 4) is 5.82 Å². The van der Waals surface area contributed by atoms with Crippen molar-refractivity contribution < 1.29 is 13.9 Å². The Morgan fingerprint density at radius 2 is 1.93 bits per heavy atom. The Kier molecular flexibility index (Phi) is 7.48. The van der Waals surface area contributed by atoms with Gasteiger partial charge in [0.25, 0.3) is 11.5 Å². The molecule has 222 valence electrons. The zero-order chi connectivity index (χ0) is 30.1. The van der Waals surface area contributed by atoms with Crippen molar-refractivity contribution in [2.24, 2.45) is 0 Å². The summed E-state index contributed by atoms with van der Waals surface area (Å²) in [5, 5.41) is 23.4. The van der Waals surface area contributed by atoms with Crippen molar-refractivity contribution >= 4 is 28.3 Å². The third-order valence-corrected chi connectivity index (χ3v) is 8.10. The summed E-state index contributed by atoms with van der Waals surface area (Å²) in [4.78, 5) is 31.4. The number of nitrogens with zero attached hydrogens (tertiary/aromatic N) is 6. The summed E-state index contributed by atoms with van der Waals surface area (Å²) >= 11 is 0. The second kappa shape index (κ2) is 11.4. The average molecular weight is 586 g/mol. The molecule has 43 heavy (non-hydrogen) atoms. The fourth-order valence-electron chi connectivity index (χ4n) is 5.61. The van der Waals surface area contributed by atoms with Crippen LogP contribution in [0.15, 0.2) is 65.8 Å². The quantitative estimate of drug-likeness (QED) is 0.245. The van der Waals surface area contributed by atoms with E-state index < -0.39 is 11.4 Å². The van der Waals surface area contributed by atoms with Crippen molar-refractivity contribution in [2.75, 3.05) is 12.4 Å². The van der Waals surface area contributed by atoms with Crippen LogP contribution in [-0.4, -0.2) is 53.4 Å². The molecular weight excluding hydrogens is 553 g/mol. The Morgan fingerprint density at radius 1 is 1.16 bits per heavy atom. The van der Waals surface area contributed by atoms with Crippen molar-refractivity contribution in [2.45, 2.75) is 57.2 Å². The van der Waals surface area contributed by atoms with Gasteiger partial charge in [-0.05, 0) is 57.2 Å². The number of nitrogens with one attached hydrogen (secondary N) is 3. The van der Waals surface area contributed by atoms with Gasteiger partial charge in [0.05, 0.1) is 29.9 Å². The minimum atomic E-state index is -1.04. The molecule has 6 rings (SSSR count). The minimum absolute atomic E-state index is 0.179. The Morgan fingerprint density at radius 3 is 2.56 bits per heavy atom. The van der Waals surface area contributed by atoms with Gasteiger partial charge in [-0.25, -0.2) is 18.7 Å². The summed E-state index contributed by atoms with van der Waals surface area (Å²) in [6, 6.07) is 12.2. The predicted octanol–water partition coefficient (Wildman–Crippen LogP) is 4.27. The number of H-pyrrole nitrogens is 1. The summed E-state index contributed by atoms with van der Waals surface area (Å²) < 4.78 is 22.0. The van der Waals surface area contributed by atoms with Crippen LogP contribution in [-0.2, 0) is 9.53 Å². The van der Waals surface area contributed by atoms with E-state index in [4.69, 9.17) is 9.84 Å². The molecule has 4 aromatic heterocycles. The second-order valence-corrected chi connectivity index (χ2v) is 10.9. The molecule has 1 aliphatic carbocycles. The molecule has 0 aliphatic heterocycles. The SMILES string of the molecule is COC1(C(=O)N[C@@H](C)c2ccc(-n3cc(F)cn3)nc2)CCC(n2nc(Nc3cc(C)[nH]n3)c3ccccc3c2=O)CC1. The molecule has 1 aliphatic rings. The number of ether oxygens (including phenoxy) is 1. The predicted molar refractivity (Wildman–Crippen MR) is 158 cm³/mol. The largest absolute Gasteiger partial charge is 0.368 e. The lowest BCUT2D eigenvalue weighted by Crippen LogP contribution is -2.51. The lowest BCUT2D eigenvalue weighted by atomic mass is 9.81. The van der Waals surface area contributed by atoms with Gasteiger partial charge < -0.3 is 15.4 Å². The topological polar surface area (TPSA) is 145 Å². The highest BCUT2D eigenvalue weighted by molar-refractivity contribution is 5.92. The van der Waals surface area contributed by atoms with E-state index in [1.54, 1.807) is 25.4 Å². The monoisotopic (exact) mass is 585 g/mol. The maximum Gasteiger partial charge on any atom is 0.275 e. The first-order valence-electron chi connectivity index (χ1n) is 14.1. The minimum Gasteiger partial charge on any atom is -0.368 e. The second-order valence-electron chi connectivity index (χ2n) is 10.9. The van der Waals surface area contributed by atoms with E-state index in [0.717, 1.165) is 17.5 Å². The average Bonchev–Trinajstić information content (AvgIpc) is 3.66. The molecule has 1 fully saturated rings. The van der Waals surface area contributed by atoms with Gasteiger partial charge in [-0.15, -0.1) is 0 Å². The number of aromatic amines is 1. The Balaban J connectivity index is 1.17. The summed E-state index contributed by atoms with van der Waals surface area (Å²) in [5.41, 5.74) is 0.457. The highest BCUT2D eigenvalue weighted by atomic mass is 19.1. The number of hydrogen-bond donors (Lipinski definition) is 3. The van der Waals surface area contributed by atoms with Crippen LogP contribution >= 0.6 is 0 Å². The number of carbonyl (C=O) groups excluding carboxylic acids is 1. The van der Waals surface area contributed by atoms with Gasteiger partial charge in [0.2, 0.25) is 0 Å². The highest BCUT2D eigenvalue weighted by Gasteiger charge is 2.43. The summed E-state index contributed by atoms with van der Waals surface area (Å²) in [6.07, 6.45) is 5.86. The Bertz CT molecular complexity index is 1820. The first-order chi connectivity index (χ1) is 20.8. The van der Waals surface area contributed by atoms with Crippen LogP contribution < -0.4 is 16.2 Å². The Hall–Kier alpha value is -4.91. The number of methoxy groups -OCH3 is 1. The number of amides is 1. The van der Waals surface area contributed by atoms with Gasteiger partial charge in [-0.2, -0.15) is 15.3 Å². The van der Waals surface area contributed by atoms with Gasteiger partial charge >= 0.3 is 0 Å². The molecule has 0 bridgehead atoms. The normalized spacial score (nSPS) is 19.3. The maximum atomic E-state index is 13.6. The van der Waals surface area contributed by atoms with Crippen molar-refractivity contribution in [1.29, 1.82) is 0 Å². The number of anilines is 2. The van der Waals surface area contributed by atoms with Crippen molar-refractivity contribution in [3.05, 3.63) is 88.5 Å². The summed E-state index contributed by atoms with van der Waals surface area (Å²) in [7, 11) is 1.54. The van der Waals surface area contributed by atoms with Gasteiger partial charge in [-0.3, -0.25) is 14.7 Å². The van der Waals surface area contributed by atoms with E-state index in [-0.39, 0.29) is 23.6 Å². The Labute approximate surface area is 246 Å². The van der Waals surface area contributed by atoms with Crippen molar-refractivity contribution in [1.82, 2.24) is 40.1 Å². The molecule has 0 saturated heterocycles. The lowest BCUT2D eigenvalue weighted by molar-refractivity contribution is -0.149. The summed E-state index contributed by atoms with van der Waals surface area (Å²) in [6.45, 7) is 3.77. The third kappa shape index (κ3) is 5.50. The van der Waals surface area contributed by atoms with Crippen LogP contribution in [0.25, 0.3) is 16.6 Å². The molecular formula is C30H32FN9O3. The lowest BCUT2D eigenvalue weighted by Gasteiger charge is -2.38. The van der Waals surface area contributed by atoms with Crippen LogP contribution in [0.4, 0.5) is 16.0 Å². The molecule has 3 N–H and O–H groups in total. The molecule has 1 amide bonds. The smallest absolute Gasteiger partial charge is 0.275 e. The van der Waals surface area contributed by atoms with Crippen LogP contribution in [0.3, 0.4) is 0 Å². The van der Waals surface area contributed by atoms with Crippen LogP contribution in [0.1, 0.15) is 55.9 Å². The fourth-order valence-corrected chi connectivity index (χ4v) is 5.61. The molecule has 13 heteroatoms. The number of benzene rings is 1. The molecule has 4 heterocycles. The van der Waals surface area contributed by atoms with Crippen LogP contribution in [0.2, 0.25) is 0 Å². The summed E-state index contributed by atoms with van der Waals surface area (Å²) in [5.74, 6) is 0.929. The van der Waals surface area contributed by atoms with E-state index in [0.29, 0.717) is 53.9 Å². The zero-order valence-corrected chi connectivity index (χ0v) is 24.0. The number of carbonyl (C=O) groups is 1. The molecule has 0 spiro atoms. The highest BCUT2D eigenvalue weighted by Crippen LogP contribution is 2.37. The number of aromatic nitrogens is 7. The van der Waals surface area contributed by atoms with E-state index >= 15 is 0 Å². The third-order valence-electron chi connectivity index (χ3n) is 8.10. The fraction of sp³-hybridized carbons (Fsp3) is 0.333. The maximum absolute atomic E-state index is 13.6. The van der Waals surface area contributed by atoms with E-state index in [9.17, 15) is 14.0 Å². The molecule has 0 radical (unpaired) electrons. The van der Waals surface area contributed by atoms with Gasteiger partial charge in [0, 0.05) is 30.5 Å². The van der Waals surface area contributed by atoms with E-state index in [1.807, 2.05) is 44.2 Å². The number of fused-ring (bicyclic) bond motifs is 1. The molecule has 1 aromatic carbocycles.